The minimum Gasteiger partial charge on any atom is -0.304 e. The van der Waals surface area contributed by atoms with E-state index in [1.807, 2.05) is 0 Å². The lowest BCUT2D eigenvalue weighted by Gasteiger charge is -2.15. The van der Waals surface area contributed by atoms with Gasteiger partial charge in [0.25, 0.3) is 0 Å². The van der Waals surface area contributed by atoms with E-state index in [0.717, 1.165) is 6.42 Å². The minimum absolute atomic E-state index is 1.11. The highest BCUT2D eigenvalue weighted by atomic mass is 15.1. The standard InChI is InChI=1S/C15H16.C7H17N/c1-3-13-6-10-15(11-7-13)14-8-4-12(2)5-9-14;1-4-7-8(5-2)6-3/h4-11H,3H2,1-2H3;4-7H2,1-3H3. The molecule has 0 radical (unpaired) electrons. The van der Waals surface area contributed by atoms with Gasteiger partial charge in [0.05, 0.1) is 0 Å². The summed E-state index contributed by atoms with van der Waals surface area (Å²) in [6.07, 6.45) is 2.38. The lowest BCUT2D eigenvalue weighted by atomic mass is 10.0. The van der Waals surface area contributed by atoms with E-state index in [1.165, 1.54) is 48.3 Å². The molecule has 0 saturated carbocycles. The molecule has 0 heterocycles. The Labute approximate surface area is 143 Å². The molecule has 23 heavy (non-hydrogen) atoms. The van der Waals surface area contributed by atoms with Crippen LogP contribution in [-0.2, 0) is 6.42 Å². The summed E-state index contributed by atoms with van der Waals surface area (Å²) < 4.78 is 0. The second kappa shape index (κ2) is 11.0. The van der Waals surface area contributed by atoms with Gasteiger partial charge in [-0.15, -0.1) is 0 Å². The van der Waals surface area contributed by atoms with E-state index in [1.54, 1.807) is 0 Å². The molecule has 0 N–H and O–H groups in total. The Morgan fingerprint density at radius 1 is 0.696 bits per heavy atom. The maximum Gasteiger partial charge on any atom is -0.00216 e. The van der Waals surface area contributed by atoms with Crippen molar-refractivity contribution in [3.05, 3.63) is 59.7 Å². The summed E-state index contributed by atoms with van der Waals surface area (Å²) in [4.78, 5) is 2.43. The average molecular weight is 312 g/mol. The number of nitrogens with zero attached hydrogens (tertiary/aromatic N) is 1. The van der Waals surface area contributed by atoms with Crippen molar-refractivity contribution in [1.29, 1.82) is 0 Å². The number of aryl methyl sites for hydroxylation is 2. The Morgan fingerprint density at radius 3 is 1.52 bits per heavy atom. The summed E-state index contributed by atoms with van der Waals surface area (Å²) in [5.41, 5.74) is 5.30. The molecule has 0 aliphatic rings. The van der Waals surface area contributed by atoms with Crippen molar-refractivity contribution < 1.29 is 0 Å². The SMILES string of the molecule is CCCN(CC)CC.CCc1ccc(-c2ccc(C)cc2)cc1. The summed E-state index contributed by atoms with van der Waals surface area (Å²) in [7, 11) is 0. The lowest BCUT2D eigenvalue weighted by molar-refractivity contribution is 0.304. The van der Waals surface area contributed by atoms with Crippen molar-refractivity contribution >= 4 is 0 Å². The normalized spacial score (nSPS) is 10.3. The smallest absolute Gasteiger partial charge is 0.00216 e. The second-order valence-electron chi connectivity index (χ2n) is 5.94. The van der Waals surface area contributed by atoms with E-state index >= 15 is 0 Å². The Kier molecular flexibility index (Phi) is 9.31. The Morgan fingerprint density at radius 2 is 1.17 bits per heavy atom. The van der Waals surface area contributed by atoms with Crippen LogP contribution in [0.25, 0.3) is 11.1 Å². The van der Waals surface area contributed by atoms with E-state index in [0.29, 0.717) is 0 Å². The fourth-order valence-electron chi connectivity index (χ4n) is 2.53. The molecule has 0 bridgehead atoms. The van der Waals surface area contributed by atoms with Crippen molar-refractivity contribution in [2.45, 2.75) is 47.5 Å². The van der Waals surface area contributed by atoms with Gasteiger partial charge in [0, 0.05) is 0 Å². The summed E-state index contributed by atoms with van der Waals surface area (Å²) in [6, 6.07) is 17.5. The molecule has 2 aromatic rings. The van der Waals surface area contributed by atoms with E-state index < -0.39 is 0 Å². The highest BCUT2D eigenvalue weighted by Crippen LogP contribution is 2.20. The van der Waals surface area contributed by atoms with Gasteiger partial charge < -0.3 is 4.90 Å². The van der Waals surface area contributed by atoms with E-state index in [4.69, 9.17) is 0 Å². The zero-order chi connectivity index (χ0) is 17.1. The molecule has 2 rings (SSSR count). The average Bonchev–Trinajstić information content (AvgIpc) is 2.61. The maximum atomic E-state index is 2.43. The summed E-state index contributed by atoms with van der Waals surface area (Å²) in [5, 5.41) is 0. The molecule has 126 valence electrons. The van der Waals surface area contributed by atoms with Crippen molar-refractivity contribution in [2.75, 3.05) is 19.6 Å². The molecule has 0 atom stereocenters. The molecule has 0 unspecified atom stereocenters. The van der Waals surface area contributed by atoms with Gasteiger partial charge in [-0.25, -0.2) is 0 Å². The molecule has 0 aliphatic carbocycles. The molecular formula is C22H33N. The third-order valence-corrected chi connectivity index (χ3v) is 4.18. The molecule has 1 nitrogen and oxygen atoms in total. The number of benzene rings is 2. The summed E-state index contributed by atoms with van der Waals surface area (Å²) in [5.74, 6) is 0. The van der Waals surface area contributed by atoms with Gasteiger partial charge in [0.1, 0.15) is 0 Å². The summed E-state index contributed by atoms with van der Waals surface area (Å²) in [6.45, 7) is 14.6. The predicted octanol–water partition coefficient (Wildman–Crippen LogP) is 5.96. The van der Waals surface area contributed by atoms with Gasteiger partial charge in [-0.3, -0.25) is 0 Å². The van der Waals surface area contributed by atoms with E-state index in [-0.39, 0.29) is 0 Å². The van der Waals surface area contributed by atoms with Crippen LogP contribution in [0.5, 0.6) is 0 Å². The van der Waals surface area contributed by atoms with Crippen molar-refractivity contribution in [3.63, 3.8) is 0 Å². The first-order valence-corrected chi connectivity index (χ1v) is 9.02. The molecule has 1 heteroatoms. The van der Waals surface area contributed by atoms with Crippen LogP contribution in [0.2, 0.25) is 0 Å². The summed E-state index contributed by atoms with van der Waals surface area (Å²) >= 11 is 0. The van der Waals surface area contributed by atoms with Crippen molar-refractivity contribution in [1.82, 2.24) is 4.90 Å². The molecule has 0 fully saturated rings. The minimum atomic E-state index is 1.11. The van der Waals surface area contributed by atoms with Crippen LogP contribution in [0, 0.1) is 6.92 Å². The fourth-order valence-corrected chi connectivity index (χ4v) is 2.53. The first kappa shape index (κ1) is 19.4. The van der Waals surface area contributed by atoms with Crippen molar-refractivity contribution in [2.24, 2.45) is 0 Å². The topological polar surface area (TPSA) is 3.24 Å². The number of rotatable bonds is 6. The maximum absolute atomic E-state index is 2.43. The largest absolute Gasteiger partial charge is 0.304 e. The van der Waals surface area contributed by atoms with Gasteiger partial charge >= 0.3 is 0 Å². The highest BCUT2D eigenvalue weighted by Gasteiger charge is 1.96. The zero-order valence-electron chi connectivity index (χ0n) is 15.6. The number of hydrogen-bond acceptors (Lipinski definition) is 1. The van der Waals surface area contributed by atoms with Gasteiger partial charge in [-0.05, 0) is 56.1 Å². The van der Waals surface area contributed by atoms with Gasteiger partial charge in [0.2, 0.25) is 0 Å². The number of hydrogen-bond donors (Lipinski definition) is 0. The fraction of sp³-hybridized carbons (Fsp3) is 0.455. The van der Waals surface area contributed by atoms with Crippen LogP contribution in [0.15, 0.2) is 48.5 Å². The molecule has 2 aromatic carbocycles. The second-order valence-corrected chi connectivity index (χ2v) is 5.94. The van der Waals surface area contributed by atoms with Gasteiger partial charge in [-0.2, -0.15) is 0 Å². The van der Waals surface area contributed by atoms with Crippen LogP contribution in [0.4, 0.5) is 0 Å². The monoisotopic (exact) mass is 311 g/mol. The first-order chi connectivity index (χ1) is 11.1. The highest BCUT2D eigenvalue weighted by molar-refractivity contribution is 5.63. The Bertz CT molecular complexity index is 521. The predicted molar refractivity (Wildman–Crippen MR) is 104 cm³/mol. The Balaban J connectivity index is 0.000000284. The van der Waals surface area contributed by atoms with Crippen molar-refractivity contribution in [3.8, 4) is 11.1 Å². The molecule has 0 amide bonds. The van der Waals surface area contributed by atoms with Gasteiger partial charge in [-0.1, -0.05) is 81.8 Å². The molecule has 0 spiro atoms. The van der Waals surface area contributed by atoms with E-state index in [2.05, 4.69) is 88.0 Å². The molecular weight excluding hydrogens is 278 g/mol. The Hall–Kier alpha value is -1.60. The first-order valence-electron chi connectivity index (χ1n) is 9.02. The molecule has 0 aliphatic heterocycles. The quantitative estimate of drug-likeness (QED) is 0.636. The van der Waals surface area contributed by atoms with E-state index in [9.17, 15) is 0 Å². The van der Waals surface area contributed by atoms with Crippen LogP contribution >= 0.6 is 0 Å². The molecule has 0 saturated heterocycles. The van der Waals surface area contributed by atoms with Gasteiger partial charge in [0.15, 0.2) is 0 Å². The van der Waals surface area contributed by atoms with Crippen LogP contribution in [-0.4, -0.2) is 24.5 Å². The van der Waals surface area contributed by atoms with Crippen LogP contribution in [0.1, 0.15) is 45.2 Å². The lowest BCUT2D eigenvalue weighted by Crippen LogP contribution is -2.23. The van der Waals surface area contributed by atoms with Crippen LogP contribution < -0.4 is 0 Å². The third-order valence-electron chi connectivity index (χ3n) is 4.18. The molecule has 0 aromatic heterocycles. The van der Waals surface area contributed by atoms with Crippen LogP contribution in [0.3, 0.4) is 0 Å². The zero-order valence-corrected chi connectivity index (χ0v) is 15.6. The third kappa shape index (κ3) is 7.00.